The monoisotopic (exact) mass is 248 g/mol. The van der Waals surface area contributed by atoms with E-state index < -0.39 is 0 Å². The molecule has 0 radical (unpaired) electrons. The normalized spacial score (nSPS) is 17.1. The highest BCUT2D eigenvalue weighted by Crippen LogP contribution is 2.46. The molecule has 0 bridgehead atoms. The van der Waals surface area contributed by atoms with Gasteiger partial charge in [0.1, 0.15) is 0 Å². The van der Waals surface area contributed by atoms with Gasteiger partial charge in [-0.25, -0.2) is 0 Å². The van der Waals surface area contributed by atoms with Gasteiger partial charge < -0.3 is 5.73 Å². The van der Waals surface area contributed by atoms with Crippen LogP contribution < -0.4 is 5.73 Å². The smallest absolute Gasteiger partial charge is 0.0802 e. The van der Waals surface area contributed by atoms with Crippen LogP contribution in [0.5, 0.6) is 0 Å². The van der Waals surface area contributed by atoms with Crippen molar-refractivity contribution in [1.29, 1.82) is 0 Å². The first-order valence-corrected chi connectivity index (χ1v) is 6.63. The van der Waals surface area contributed by atoms with Gasteiger partial charge in [0.15, 0.2) is 0 Å². The van der Waals surface area contributed by atoms with Crippen LogP contribution in [0, 0.1) is 5.41 Å². The Morgan fingerprint density at radius 2 is 2.00 bits per heavy atom. The third kappa shape index (κ3) is 3.05. The number of benzene rings is 1. The molecule has 1 aliphatic rings. The van der Waals surface area contributed by atoms with Gasteiger partial charge in [-0.2, -0.15) is 0 Å². The lowest BCUT2D eigenvalue weighted by molar-refractivity contribution is 0.251. The highest BCUT2D eigenvalue weighted by Gasteiger charge is 2.46. The van der Waals surface area contributed by atoms with Crippen molar-refractivity contribution in [1.82, 2.24) is 4.90 Å². The van der Waals surface area contributed by atoms with Gasteiger partial charge in [-0.15, -0.1) is 0 Å². The van der Waals surface area contributed by atoms with Crippen molar-refractivity contribution in [2.75, 3.05) is 13.1 Å². The van der Waals surface area contributed by atoms with E-state index in [0.717, 1.165) is 32.5 Å². The van der Waals surface area contributed by atoms with E-state index in [1.54, 1.807) is 0 Å². The number of nitrogens with zero attached hydrogens (tertiary/aromatic N) is 1. The maximum absolute atomic E-state index is 5.83. The maximum Gasteiger partial charge on any atom is 0.0802 e. The largest absolute Gasteiger partial charge is 0.393 e. The predicted molar refractivity (Wildman–Crippen MR) is 75.8 cm³/mol. The molecule has 0 aliphatic heterocycles. The van der Waals surface area contributed by atoms with Crippen LogP contribution in [0.4, 0.5) is 0 Å². The summed E-state index contributed by atoms with van der Waals surface area (Å²) in [5.74, 6) is 0. The molecular weight excluding hydrogens is 228 g/mol. The van der Waals surface area contributed by atoms with Gasteiger partial charge in [0.25, 0.3) is 0 Å². The van der Waals surface area contributed by atoms with E-state index in [9.17, 15) is 0 Å². The zero-order valence-corrected chi connectivity index (χ0v) is 11.2. The van der Waals surface area contributed by atoms with Gasteiger partial charge in [-0.3, -0.25) is 4.90 Å². The Morgan fingerprint density at radius 3 is 2.47 bits per heavy atom. The number of hydrogen-bond acceptors (Lipinski definition) is 2. The Morgan fingerprint density at radius 1 is 1.35 bits per heavy atom. The first-order valence-electron chi connectivity index (χ1n) is 6.22. The fraction of sp³-hybridized carbons (Fsp3) is 0.500. The molecule has 0 saturated heterocycles. The van der Waals surface area contributed by atoms with Crippen LogP contribution in [0.1, 0.15) is 25.3 Å². The van der Waals surface area contributed by atoms with E-state index in [0.29, 0.717) is 4.99 Å². The minimum atomic E-state index is 0.139. The summed E-state index contributed by atoms with van der Waals surface area (Å²) in [6.07, 6.45) is 2.32. The average molecular weight is 248 g/mol. The third-order valence-corrected chi connectivity index (χ3v) is 4.03. The van der Waals surface area contributed by atoms with E-state index in [2.05, 4.69) is 42.2 Å². The molecule has 1 fully saturated rings. The Kier molecular flexibility index (Phi) is 3.79. The predicted octanol–water partition coefficient (Wildman–Crippen LogP) is 2.57. The lowest BCUT2D eigenvalue weighted by Gasteiger charge is -2.25. The molecule has 0 aromatic heterocycles. The summed E-state index contributed by atoms with van der Waals surface area (Å²) >= 11 is 5.18. The van der Waals surface area contributed by atoms with Crippen LogP contribution in [-0.4, -0.2) is 23.0 Å². The van der Waals surface area contributed by atoms with Gasteiger partial charge in [-0.1, -0.05) is 49.5 Å². The summed E-state index contributed by atoms with van der Waals surface area (Å²) in [4.78, 5) is 3.13. The molecule has 1 aromatic carbocycles. The highest BCUT2D eigenvalue weighted by atomic mass is 32.1. The first kappa shape index (κ1) is 12.5. The Labute approximate surface area is 109 Å². The summed E-state index contributed by atoms with van der Waals surface area (Å²) in [5, 5.41) is 0. The van der Waals surface area contributed by atoms with Crippen molar-refractivity contribution in [3.8, 4) is 0 Å². The molecule has 17 heavy (non-hydrogen) atoms. The summed E-state index contributed by atoms with van der Waals surface area (Å²) in [7, 11) is 0. The zero-order valence-electron chi connectivity index (χ0n) is 10.4. The van der Waals surface area contributed by atoms with Crippen molar-refractivity contribution in [3.63, 3.8) is 0 Å². The average Bonchev–Trinajstić information content (AvgIpc) is 3.10. The molecule has 1 aliphatic carbocycles. The molecule has 0 heterocycles. The van der Waals surface area contributed by atoms with Crippen LogP contribution in [0.2, 0.25) is 0 Å². The van der Waals surface area contributed by atoms with Crippen LogP contribution in [-0.2, 0) is 6.54 Å². The molecule has 2 nitrogen and oxygen atoms in total. The molecule has 0 amide bonds. The highest BCUT2D eigenvalue weighted by molar-refractivity contribution is 7.80. The molecule has 0 atom stereocenters. The summed E-state index contributed by atoms with van der Waals surface area (Å²) < 4.78 is 0. The molecule has 1 aromatic rings. The van der Waals surface area contributed by atoms with Gasteiger partial charge in [0, 0.05) is 18.5 Å². The van der Waals surface area contributed by atoms with Crippen molar-refractivity contribution in [3.05, 3.63) is 35.9 Å². The second-order valence-corrected chi connectivity index (χ2v) is 5.37. The molecule has 3 heteroatoms. The number of thiocarbonyl (C=S) groups is 1. The van der Waals surface area contributed by atoms with Gasteiger partial charge in [-0.05, 0) is 24.9 Å². The molecule has 0 spiro atoms. The number of nitrogens with two attached hydrogens (primary N) is 1. The van der Waals surface area contributed by atoms with Crippen LogP contribution in [0.3, 0.4) is 0 Å². The second kappa shape index (κ2) is 5.15. The van der Waals surface area contributed by atoms with Gasteiger partial charge in [0.2, 0.25) is 0 Å². The molecule has 2 rings (SSSR count). The standard InChI is InChI=1S/C14H20N2S/c1-2-16(10-12-6-4-3-5-7-12)11-14(8-9-14)13(15)17/h3-7H,2,8-11H2,1H3,(H2,15,17). The number of hydrogen-bond donors (Lipinski definition) is 1. The quantitative estimate of drug-likeness (QED) is 0.785. The fourth-order valence-electron chi connectivity index (χ4n) is 2.18. The second-order valence-electron chi connectivity index (χ2n) is 4.93. The SMILES string of the molecule is CCN(Cc1ccccc1)CC1(C(N)=S)CC1. The molecule has 1 saturated carbocycles. The summed E-state index contributed by atoms with van der Waals surface area (Å²) in [5.41, 5.74) is 7.33. The molecule has 2 N–H and O–H groups in total. The summed E-state index contributed by atoms with van der Waals surface area (Å²) in [6.45, 7) is 5.23. The van der Waals surface area contributed by atoms with Gasteiger partial charge >= 0.3 is 0 Å². The third-order valence-electron chi connectivity index (χ3n) is 3.60. The van der Waals surface area contributed by atoms with Crippen LogP contribution in [0.15, 0.2) is 30.3 Å². The van der Waals surface area contributed by atoms with E-state index in [-0.39, 0.29) is 5.41 Å². The number of rotatable bonds is 6. The molecular formula is C14H20N2S. The maximum atomic E-state index is 5.83. The lowest BCUT2D eigenvalue weighted by Crippen LogP contribution is -2.36. The zero-order chi connectivity index (χ0) is 12.3. The minimum Gasteiger partial charge on any atom is -0.393 e. The van der Waals surface area contributed by atoms with Crippen LogP contribution in [0.25, 0.3) is 0 Å². The van der Waals surface area contributed by atoms with E-state index in [1.807, 2.05) is 0 Å². The fourth-order valence-corrected chi connectivity index (χ4v) is 2.45. The van der Waals surface area contributed by atoms with Gasteiger partial charge in [0.05, 0.1) is 4.99 Å². The van der Waals surface area contributed by atoms with Crippen molar-refractivity contribution >= 4 is 17.2 Å². The Bertz CT molecular complexity index is 384. The first-order chi connectivity index (χ1) is 8.16. The van der Waals surface area contributed by atoms with E-state index >= 15 is 0 Å². The van der Waals surface area contributed by atoms with E-state index in [4.69, 9.17) is 18.0 Å². The van der Waals surface area contributed by atoms with E-state index in [1.165, 1.54) is 5.56 Å². The lowest BCUT2D eigenvalue weighted by atomic mass is 10.1. The van der Waals surface area contributed by atoms with Crippen molar-refractivity contribution in [2.45, 2.75) is 26.3 Å². The Balaban J connectivity index is 1.96. The molecule has 92 valence electrons. The van der Waals surface area contributed by atoms with Crippen molar-refractivity contribution < 1.29 is 0 Å². The van der Waals surface area contributed by atoms with Crippen molar-refractivity contribution in [2.24, 2.45) is 11.1 Å². The minimum absolute atomic E-state index is 0.139. The molecule has 0 unspecified atom stereocenters. The topological polar surface area (TPSA) is 29.3 Å². The summed E-state index contributed by atoms with van der Waals surface area (Å²) in [6, 6.07) is 10.6. The van der Waals surface area contributed by atoms with Crippen LogP contribution >= 0.6 is 12.2 Å². The Hall–Kier alpha value is -0.930.